The average molecular weight is 238 g/mol. The third kappa shape index (κ3) is 7.17. The lowest BCUT2D eigenvalue weighted by atomic mass is 10.1. The first-order valence-corrected chi connectivity index (χ1v) is 6.31. The van der Waals surface area contributed by atoms with Crippen molar-refractivity contribution >= 4 is 0 Å². The third-order valence-corrected chi connectivity index (χ3v) is 2.65. The minimum Gasteiger partial charge on any atom is -0.392 e. The van der Waals surface area contributed by atoms with Gasteiger partial charge in [0.15, 0.2) is 6.29 Å². The molecule has 0 radical (unpaired) electrons. The Hall–Kier alpha value is -0.820. The van der Waals surface area contributed by atoms with Crippen LogP contribution >= 0.6 is 0 Å². The lowest BCUT2D eigenvalue weighted by Gasteiger charge is -2.21. The fourth-order valence-corrected chi connectivity index (χ4v) is 1.63. The van der Waals surface area contributed by atoms with Crippen LogP contribution in [0.1, 0.15) is 38.5 Å². The molecule has 3 nitrogen and oxygen atoms in total. The maximum atomic E-state index is 9.51. The summed E-state index contributed by atoms with van der Waals surface area (Å²) < 4.78 is 10.9. The fraction of sp³-hybridized carbons (Fsp3) is 0.714. The summed E-state index contributed by atoms with van der Waals surface area (Å²) in [7, 11) is 0. The highest BCUT2D eigenvalue weighted by atomic mass is 16.7. The van der Waals surface area contributed by atoms with Gasteiger partial charge in [-0.2, -0.15) is 0 Å². The molecule has 0 unspecified atom stereocenters. The summed E-state index contributed by atoms with van der Waals surface area (Å²) in [6.45, 7) is 4.79. The molecule has 2 atom stereocenters. The summed E-state index contributed by atoms with van der Waals surface area (Å²) in [5, 5.41) is 9.51. The van der Waals surface area contributed by atoms with E-state index in [0.717, 1.165) is 32.3 Å². The molecule has 1 rings (SSSR count). The molecule has 0 aromatic rings. The van der Waals surface area contributed by atoms with Crippen LogP contribution in [-0.2, 0) is 9.47 Å². The van der Waals surface area contributed by atoms with Gasteiger partial charge in [0.2, 0.25) is 0 Å². The normalized spacial score (nSPS) is 21.4. The molecule has 0 aromatic heterocycles. The second-order valence-electron chi connectivity index (χ2n) is 4.18. The number of ether oxygens (including phenoxy) is 2. The van der Waals surface area contributed by atoms with E-state index in [0.29, 0.717) is 13.0 Å². The molecule has 3 heteroatoms. The van der Waals surface area contributed by atoms with Gasteiger partial charge in [0.25, 0.3) is 0 Å². The second kappa shape index (κ2) is 9.23. The van der Waals surface area contributed by atoms with Gasteiger partial charge in [-0.15, -0.1) is 6.58 Å². The minimum atomic E-state index is -0.355. The molecular formula is C14H22O3. The molecule has 1 N–H and O–H groups in total. The van der Waals surface area contributed by atoms with Crippen LogP contribution in [0.25, 0.3) is 0 Å². The molecule has 1 heterocycles. The lowest BCUT2D eigenvalue weighted by Crippen LogP contribution is -2.22. The Morgan fingerprint density at radius 2 is 2.35 bits per heavy atom. The SMILES string of the molecule is C=CCC[C@H](O)CC#CCO[C@H]1CCCCO1. The zero-order valence-corrected chi connectivity index (χ0v) is 10.4. The Kier molecular flexibility index (Phi) is 7.74. The van der Waals surface area contributed by atoms with E-state index >= 15 is 0 Å². The maximum Gasteiger partial charge on any atom is 0.158 e. The number of rotatable bonds is 6. The summed E-state index contributed by atoms with van der Waals surface area (Å²) >= 11 is 0. The van der Waals surface area contributed by atoms with Crippen LogP contribution in [-0.4, -0.2) is 30.7 Å². The highest BCUT2D eigenvalue weighted by molar-refractivity contribution is 5.00. The quantitative estimate of drug-likeness (QED) is 0.570. The van der Waals surface area contributed by atoms with E-state index < -0.39 is 0 Å². The topological polar surface area (TPSA) is 38.7 Å². The van der Waals surface area contributed by atoms with Crippen molar-refractivity contribution in [1.82, 2.24) is 0 Å². The predicted octanol–water partition coefficient (Wildman–Crippen LogP) is 2.25. The van der Waals surface area contributed by atoms with Crippen LogP contribution < -0.4 is 0 Å². The predicted molar refractivity (Wildman–Crippen MR) is 67.4 cm³/mol. The molecule has 1 fully saturated rings. The molecule has 0 amide bonds. The van der Waals surface area contributed by atoms with E-state index in [1.807, 2.05) is 0 Å². The fourth-order valence-electron chi connectivity index (χ4n) is 1.63. The van der Waals surface area contributed by atoms with Crippen molar-refractivity contribution in [2.24, 2.45) is 0 Å². The van der Waals surface area contributed by atoms with Crippen molar-refractivity contribution in [2.45, 2.75) is 50.9 Å². The highest BCUT2D eigenvalue weighted by Gasteiger charge is 2.12. The second-order valence-corrected chi connectivity index (χ2v) is 4.18. The molecule has 96 valence electrons. The molecule has 0 aromatic carbocycles. The summed E-state index contributed by atoms with van der Waals surface area (Å²) in [6.07, 6.45) is 6.68. The summed E-state index contributed by atoms with van der Waals surface area (Å²) in [5.74, 6) is 5.82. The molecule has 17 heavy (non-hydrogen) atoms. The van der Waals surface area contributed by atoms with E-state index in [-0.39, 0.29) is 12.4 Å². The van der Waals surface area contributed by atoms with Crippen LogP contribution in [0.3, 0.4) is 0 Å². The first-order valence-electron chi connectivity index (χ1n) is 6.31. The van der Waals surface area contributed by atoms with Crippen molar-refractivity contribution in [3.8, 4) is 11.8 Å². The number of allylic oxidation sites excluding steroid dienone is 1. The van der Waals surface area contributed by atoms with Crippen molar-refractivity contribution in [2.75, 3.05) is 13.2 Å². The Balaban J connectivity index is 2.03. The van der Waals surface area contributed by atoms with Gasteiger partial charge in [-0.25, -0.2) is 0 Å². The van der Waals surface area contributed by atoms with Gasteiger partial charge in [0, 0.05) is 13.0 Å². The lowest BCUT2D eigenvalue weighted by molar-refractivity contribution is -0.154. The van der Waals surface area contributed by atoms with Gasteiger partial charge in [-0.05, 0) is 32.1 Å². The largest absolute Gasteiger partial charge is 0.392 e. The summed E-state index contributed by atoms with van der Waals surface area (Å²) in [6, 6.07) is 0. The first kappa shape index (κ1) is 14.2. The van der Waals surface area contributed by atoms with Gasteiger partial charge >= 0.3 is 0 Å². The zero-order chi connectivity index (χ0) is 12.3. The van der Waals surface area contributed by atoms with Crippen LogP contribution in [0, 0.1) is 11.8 Å². The molecule has 0 bridgehead atoms. The van der Waals surface area contributed by atoms with E-state index in [4.69, 9.17) is 9.47 Å². The van der Waals surface area contributed by atoms with Crippen LogP contribution in [0.4, 0.5) is 0 Å². The number of aliphatic hydroxyl groups is 1. The molecule has 0 spiro atoms. The molecule has 1 aliphatic rings. The van der Waals surface area contributed by atoms with Gasteiger partial charge in [-0.1, -0.05) is 17.9 Å². The van der Waals surface area contributed by atoms with Crippen molar-refractivity contribution in [1.29, 1.82) is 0 Å². The standard InChI is InChI=1S/C14H22O3/c1-2-3-8-13(15)9-4-6-11-16-14-10-5-7-12-17-14/h2,13-15H,1,3,5,7-12H2/t13-,14+/m0/s1. The van der Waals surface area contributed by atoms with E-state index in [1.165, 1.54) is 6.42 Å². The van der Waals surface area contributed by atoms with E-state index in [2.05, 4.69) is 18.4 Å². The van der Waals surface area contributed by atoms with Crippen molar-refractivity contribution in [3.63, 3.8) is 0 Å². The van der Waals surface area contributed by atoms with Gasteiger partial charge < -0.3 is 14.6 Å². The highest BCUT2D eigenvalue weighted by Crippen LogP contribution is 2.13. The van der Waals surface area contributed by atoms with Crippen molar-refractivity contribution < 1.29 is 14.6 Å². The Morgan fingerprint density at radius 3 is 3.06 bits per heavy atom. The maximum absolute atomic E-state index is 9.51. The number of hydrogen-bond acceptors (Lipinski definition) is 3. The molecule has 1 saturated heterocycles. The average Bonchev–Trinajstić information content (AvgIpc) is 2.37. The van der Waals surface area contributed by atoms with Gasteiger partial charge in [0.1, 0.15) is 6.61 Å². The van der Waals surface area contributed by atoms with Crippen LogP contribution in [0.2, 0.25) is 0 Å². The smallest absolute Gasteiger partial charge is 0.158 e. The summed E-state index contributed by atoms with van der Waals surface area (Å²) in [5.41, 5.74) is 0. The summed E-state index contributed by atoms with van der Waals surface area (Å²) in [4.78, 5) is 0. The molecule has 1 aliphatic heterocycles. The van der Waals surface area contributed by atoms with Gasteiger partial charge in [0.05, 0.1) is 6.10 Å². The number of hydrogen-bond donors (Lipinski definition) is 1. The zero-order valence-electron chi connectivity index (χ0n) is 10.4. The van der Waals surface area contributed by atoms with Gasteiger partial charge in [-0.3, -0.25) is 0 Å². The number of aliphatic hydroxyl groups excluding tert-OH is 1. The molecule has 0 saturated carbocycles. The molecule has 0 aliphatic carbocycles. The third-order valence-electron chi connectivity index (χ3n) is 2.65. The minimum absolute atomic E-state index is 0.0799. The van der Waals surface area contributed by atoms with Crippen LogP contribution in [0.5, 0.6) is 0 Å². The Labute approximate surface area is 104 Å². The first-order chi connectivity index (χ1) is 8.33. The Bertz CT molecular complexity index is 258. The van der Waals surface area contributed by atoms with E-state index in [9.17, 15) is 5.11 Å². The Morgan fingerprint density at radius 1 is 1.47 bits per heavy atom. The van der Waals surface area contributed by atoms with E-state index in [1.54, 1.807) is 6.08 Å². The monoisotopic (exact) mass is 238 g/mol. The van der Waals surface area contributed by atoms with Crippen LogP contribution in [0.15, 0.2) is 12.7 Å². The van der Waals surface area contributed by atoms with Crippen molar-refractivity contribution in [3.05, 3.63) is 12.7 Å². The molecular weight excluding hydrogens is 216 g/mol.